The van der Waals surface area contributed by atoms with E-state index < -0.39 is 5.91 Å². The number of carbonyl (C=O) groups is 1. The quantitative estimate of drug-likeness (QED) is 0.793. The summed E-state index contributed by atoms with van der Waals surface area (Å²) in [7, 11) is 0. The molecule has 88 valence electrons. The van der Waals surface area contributed by atoms with Gasteiger partial charge in [-0.2, -0.15) is 11.8 Å². The normalized spacial score (nSPS) is 12.1. The Kier molecular flexibility index (Phi) is 5.11. The lowest BCUT2D eigenvalue weighted by molar-refractivity contribution is 0.100. The molecule has 5 heteroatoms. The van der Waals surface area contributed by atoms with E-state index in [4.69, 9.17) is 5.73 Å². The van der Waals surface area contributed by atoms with Crippen molar-refractivity contribution in [3.63, 3.8) is 0 Å². The maximum Gasteiger partial charge on any atom is 0.252 e. The number of aromatic nitrogens is 1. The molecule has 1 atom stereocenters. The average molecular weight is 239 g/mol. The first-order chi connectivity index (χ1) is 7.65. The minimum absolute atomic E-state index is 0.278. The number of rotatable bonds is 6. The minimum atomic E-state index is -0.451. The fourth-order valence-electron chi connectivity index (χ4n) is 1.32. The van der Waals surface area contributed by atoms with E-state index in [-0.39, 0.29) is 6.04 Å². The summed E-state index contributed by atoms with van der Waals surface area (Å²) < 4.78 is 0. The first kappa shape index (κ1) is 12.8. The van der Waals surface area contributed by atoms with Crippen molar-refractivity contribution in [2.24, 2.45) is 5.73 Å². The number of nitrogens with zero attached hydrogens (tertiary/aromatic N) is 1. The molecule has 0 saturated heterocycles. The van der Waals surface area contributed by atoms with Gasteiger partial charge in [-0.3, -0.25) is 4.79 Å². The second-order valence-electron chi connectivity index (χ2n) is 3.59. The van der Waals surface area contributed by atoms with Crippen molar-refractivity contribution in [1.82, 2.24) is 4.98 Å². The van der Waals surface area contributed by atoms with Gasteiger partial charge in [0.05, 0.1) is 5.56 Å². The number of nitrogens with two attached hydrogens (primary N) is 1. The minimum Gasteiger partial charge on any atom is -0.367 e. The summed E-state index contributed by atoms with van der Waals surface area (Å²) in [5.74, 6) is 1.20. The number of anilines is 1. The van der Waals surface area contributed by atoms with Crippen molar-refractivity contribution < 1.29 is 4.79 Å². The molecule has 0 fully saturated rings. The Labute approximate surface area is 100 Å². The molecule has 1 rings (SSSR count). The Morgan fingerprint density at radius 1 is 1.69 bits per heavy atom. The van der Waals surface area contributed by atoms with Crippen LogP contribution in [0.5, 0.6) is 0 Å². The van der Waals surface area contributed by atoms with Crippen molar-refractivity contribution in [2.75, 3.05) is 17.3 Å². The summed E-state index contributed by atoms with van der Waals surface area (Å²) in [5.41, 5.74) is 5.71. The van der Waals surface area contributed by atoms with E-state index >= 15 is 0 Å². The largest absolute Gasteiger partial charge is 0.367 e. The number of primary amides is 1. The molecule has 1 unspecified atom stereocenters. The van der Waals surface area contributed by atoms with Crippen LogP contribution in [-0.2, 0) is 0 Å². The Morgan fingerprint density at radius 2 is 2.44 bits per heavy atom. The molecule has 0 aromatic carbocycles. The van der Waals surface area contributed by atoms with E-state index in [2.05, 4.69) is 23.5 Å². The molecule has 1 aromatic rings. The SMILES string of the molecule is CSCCC(C)Nc1ncccc1C(N)=O. The van der Waals surface area contributed by atoms with Crippen LogP contribution in [0.3, 0.4) is 0 Å². The average Bonchev–Trinajstić information content (AvgIpc) is 2.27. The molecule has 16 heavy (non-hydrogen) atoms. The van der Waals surface area contributed by atoms with Crippen LogP contribution < -0.4 is 11.1 Å². The van der Waals surface area contributed by atoms with Crippen LogP contribution >= 0.6 is 11.8 Å². The zero-order chi connectivity index (χ0) is 12.0. The molecule has 0 saturated carbocycles. The van der Waals surface area contributed by atoms with Crippen LogP contribution in [0.25, 0.3) is 0 Å². The van der Waals surface area contributed by atoms with Gasteiger partial charge >= 0.3 is 0 Å². The fraction of sp³-hybridized carbons (Fsp3) is 0.455. The number of amides is 1. The summed E-state index contributed by atoms with van der Waals surface area (Å²) >= 11 is 1.80. The molecular weight excluding hydrogens is 222 g/mol. The monoisotopic (exact) mass is 239 g/mol. The van der Waals surface area contributed by atoms with Crippen molar-refractivity contribution in [3.05, 3.63) is 23.9 Å². The highest BCUT2D eigenvalue weighted by molar-refractivity contribution is 7.98. The van der Waals surface area contributed by atoms with Gasteiger partial charge in [0.1, 0.15) is 5.82 Å². The summed E-state index contributed by atoms with van der Waals surface area (Å²) in [5, 5.41) is 3.20. The van der Waals surface area contributed by atoms with Gasteiger partial charge in [0.2, 0.25) is 0 Å². The lowest BCUT2D eigenvalue weighted by Gasteiger charge is -2.15. The van der Waals surface area contributed by atoms with Gasteiger partial charge in [-0.15, -0.1) is 0 Å². The number of hydrogen-bond donors (Lipinski definition) is 2. The van der Waals surface area contributed by atoms with Crippen LogP contribution in [0.1, 0.15) is 23.7 Å². The molecule has 0 aliphatic rings. The Hall–Kier alpha value is -1.23. The zero-order valence-electron chi connectivity index (χ0n) is 9.56. The molecule has 0 aliphatic heterocycles. The second kappa shape index (κ2) is 6.37. The van der Waals surface area contributed by atoms with Gasteiger partial charge in [0, 0.05) is 12.2 Å². The number of hydrogen-bond acceptors (Lipinski definition) is 4. The Morgan fingerprint density at radius 3 is 3.06 bits per heavy atom. The second-order valence-corrected chi connectivity index (χ2v) is 4.58. The van der Waals surface area contributed by atoms with Crippen molar-refractivity contribution in [2.45, 2.75) is 19.4 Å². The predicted octanol–water partition coefficient (Wildman–Crippen LogP) is 1.73. The highest BCUT2D eigenvalue weighted by Crippen LogP contribution is 2.13. The van der Waals surface area contributed by atoms with E-state index in [0.29, 0.717) is 11.4 Å². The van der Waals surface area contributed by atoms with Crippen LogP contribution in [0, 0.1) is 0 Å². The molecule has 1 heterocycles. The maximum atomic E-state index is 11.2. The van der Waals surface area contributed by atoms with Gasteiger partial charge < -0.3 is 11.1 Å². The third-order valence-electron chi connectivity index (χ3n) is 2.21. The van der Waals surface area contributed by atoms with Gasteiger partial charge in [-0.25, -0.2) is 4.98 Å². The predicted molar refractivity (Wildman–Crippen MR) is 68.8 cm³/mol. The summed E-state index contributed by atoms with van der Waals surface area (Å²) in [6.07, 6.45) is 4.74. The highest BCUT2D eigenvalue weighted by Gasteiger charge is 2.10. The number of thioether (sulfide) groups is 1. The van der Waals surface area contributed by atoms with Gasteiger partial charge in [0.25, 0.3) is 5.91 Å². The van der Waals surface area contributed by atoms with Gasteiger partial charge in [-0.05, 0) is 37.5 Å². The lowest BCUT2D eigenvalue weighted by Crippen LogP contribution is -2.21. The summed E-state index contributed by atoms with van der Waals surface area (Å²) in [6, 6.07) is 3.66. The molecule has 1 amide bonds. The fourth-order valence-corrected chi connectivity index (χ4v) is 1.91. The highest BCUT2D eigenvalue weighted by atomic mass is 32.2. The number of pyridine rings is 1. The molecular formula is C11H17N3OS. The molecule has 1 aromatic heterocycles. The summed E-state index contributed by atoms with van der Waals surface area (Å²) in [4.78, 5) is 15.3. The molecule has 0 radical (unpaired) electrons. The van der Waals surface area contributed by atoms with Crippen molar-refractivity contribution in [3.8, 4) is 0 Å². The maximum absolute atomic E-state index is 11.2. The van der Waals surface area contributed by atoms with Crippen LogP contribution in [0.2, 0.25) is 0 Å². The van der Waals surface area contributed by atoms with Crippen LogP contribution in [0.15, 0.2) is 18.3 Å². The van der Waals surface area contributed by atoms with E-state index in [9.17, 15) is 4.79 Å². The van der Waals surface area contributed by atoms with Crippen molar-refractivity contribution >= 4 is 23.5 Å². The summed E-state index contributed by atoms with van der Waals surface area (Å²) in [6.45, 7) is 2.07. The first-order valence-corrected chi connectivity index (χ1v) is 6.54. The van der Waals surface area contributed by atoms with E-state index in [0.717, 1.165) is 12.2 Å². The van der Waals surface area contributed by atoms with Crippen molar-refractivity contribution in [1.29, 1.82) is 0 Å². The molecule has 4 nitrogen and oxygen atoms in total. The van der Waals surface area contributed by atoms with E-state index in [1.165, 1.54) is 0 Å². The van der Waals surface area contributed by atoms with Gasteiger partial charge in [-0.1, -0.05) is 0 Å². The topological polar surface area (TPSA) is 68.0 Å². The van der Waals surface area contributed by atoms with E-state index in [1.807, 2.05) is 0 Å². The molecule has 0 aliphatic carbocycles. The van der Waals surface area contributed by atoms with E-state index in [1.54, 1.807) is 30.1 Å². The van der Waals surface area contributed by atoms with Gasteiger partial charge in [0.15, 0.2) is 0 Å². The first-order valence-electron chi connectivity index (χ1n) is 5.15. The lowest BCUT2D eigenvalue weighted by atomic mass is 10.2. The van der Waals surface area contributed by atoms with Crippen LogP contribution in [0.4, 0.5) is 5.82 Å². The number of nitrogens with one attached hydrogen (secondary N) is 1. The smallest absolute Gasteiger partial charge is 0.252 e. The Bertz CT molecular complexity index is 357. The third kappa shape index (κ3) is 3.73. The molecule has 0 spiro atoms. The standard InChI is InChI=1S/C11H17N3OS/c1-8(5-7-16-2)14-11-9(10(12)15)4-3-6-13-11/h3-4,6,8H,5,7H2,1-2H3,(H2,12,15)(H,13,14). The third-order valence-corrected chi connectivity index (χ3v) is 2.86. The Balaban J connectivity index is 2.69. The van der Waals surface area contributed by atoms with Crippen LogP contribution in [-0.4, -0.2) is 28.9 Å². The zero-order valence-corrected chi connectivity index (χ0v) is 10.4. The molecule has 0 bridgehead atoms. The molecule has 3 N–H and O–H groups in total. The number of carbonyl (C=O) groups excluding carboxylic acids is 1.